The van der Waals surface area contributed by atoms with Crippen molar-refractivity contribution in [3.05, 3.63) is 0 Å². The van der Waals surface area contributed by atoms with Gasteiger partial charge in [-0.15, -0.1) is 0 Å². The van der Waals surface area contributed by atoms with Crippen LogP contribution in [-0.4, -0.2) is 31.5 Å². The fraction of sp³-hybridized carbons (Fsp3) is 0.875. The van der Waals surface area contributed by atoms with E-state index in [1.807, 2.05) is 0 Å². The summed E-state index contributed by atoms with van der Waals surface area (Å²) in [6, 6.07) is -0.550. The third-order valence-electron chi connectivity index (χ3n) is 2.71. The first kappa shape index (κ1) is 11.6. The maximum atomic E-state index is 11.6. The maximum absolute atomic E-state index is 11.6. The third-order valence-corrected chi connectivity index (χ3v) is 3.92. The van der Waals surface area contributed by atoms with Gasteiger partial charge in [0.25, 0.3) is 10.2 Å². The second-order valence-corrected chi connectivity index (χ2v) is 5.83. The van der Waals surface area contributed by atoms with Gasteiger partial charge in [0.05, 0.1) is 6.04 Å². The molecule has 2 saturated carbocycles. The molecule has 0 heterocycles. The Balaban J connectivity index is 1.98. The van der Waals surface area contributed by atoms with E-state index in [1.54, 1.807) is 0 Å². The summed E-state index contributed by atoms with van der Waals surface area (Å²) in [6.07, 6.45) is 3.54. The van der Waals surface area contributed by atoms with E-state index in [0.29, 0.717) is 0 Å². The molecule has 0 spiro atoms. The quantitative estimate of drug-likeness (QED) is 0.211. The van der Waals surface area contributed by atoms with Crippen LogP contribution in [0, 0.1) is 5.92 Å². The summed E-state index contributed by atoms with van der Waals surface area (Å²) in [4.78, 5) is 0. The maximum Gasteiger partial charge on any atom is 0.277 e. The zero-order valence-corrected chi connectivity index (χ0v) is 9.57. The molecular formula is C8H16N4O3S. The summed E-state index contributed by atoms with van der Waals surface area (Å²) in [6.45, 7) is 0. The molecule has 2 fully saturated rings. The van der Waals surface area contributed by atoms with Crippen molar-refractivity contribution in [3.8, 4) is 0 Å². The molecule has 92 valence electrons. The van der Waals surface area contributed by atoms with Crippen LogP contribution < -0.4 is 15.2 Å². The zero-order valence-electron chi connectivity index (χ0n) is 8.76. The highest BCUT2D eigenvalue weighted by Crippen LogP contribution is 2.33. The molecule has 2 rings (SSSR count). The second-order valence-electron chi connectivity index (χ2n) is 4.35. The molecule has 1 unspecified atom stereocenters. The van der Waals surface area contributed by atoms with Crippen LogP contribution in [0.4, 0.5) is 0 Å². The third kappa shape index (κ3) is 3.06. The second kappa shape index (κ2) is 4.19. The largest absolute Gasteiger partial charge is 0.409 e. The molecule has 0 radical (unpaired) electrons. The summed E-state index contributed by atoms with van der Waals surface area (Å²) < 4.78 is 28.2. The summed E-state index contributed by atoms with van der Waals surface area (Å²) in [5, 5.41) is 11.4. The molecule has 16 heavy (non-hydrogen) atoms. The van der Waals surface area contributed by atoms with E-state index in [4.69, 9.17) is 10.9 Å². The Kier molecular flexibility index (Phi) is 3.04. The van der Waals surface area contributed by atoms with Crippen molar-refractivity contribution in [2.24, 2.45) is 16.8 Å². The number of amidine groups is 1. The predicted octanol–water partition coefficient (Wildman–Crippen LogP) is -0.902. The van der Waals surface area contributed by atoms with Crippen molar-refractivity contribution in [3.63, 3.8) is 0 Å². The van der Waals surface area contributed by atoms with Gasteiger partial charge in [-0.05, 0) is 31.6 Å². The van der Waals surface area contributed by atoms with E-state index in [1.165, 1.54) is 0 Å². The molecule has 0 aromatic carbocycles. The van der Waals surface area contributed by atoms with Gasteiger partial charge in [0, 0.05) is 6.04 Å². The van der Waals surface area contributed by atoms with Gasteiger partial charge in [0.15, 0.2) is 5.84 Å². The lowest BCUT2D eigenvalue weighted by atomic mass is 10.2. The lowest BCUT2D eigenvalue weighted by Crippen LogP contribution is -2.50. The highest BCUT2D eigenvalue weighted by atomic mass is 32.2. The fourth-order valence-corrected chi connectivity index (χ4v) is 2.90. The van der Waals surface area contributed by atoms with Crippen molar-refractivity contribution < 1.29 is 13.6 Å². The van der Waals surface area contributed by atoms with Crippen LogP contribution in [0.5, 0.6) is 0 Å². The Bertz CT molecular complexity index is 386. The van der Waals surface area contributed by atoms with Crippen LogP contribution >= 0.6 is 0 Å². The zero-order chi connectivity index (χ0) is 11.8. The first-order valence-corrected chi connectivity index (χ1v) is 6.77. The minimum atomic E-state index is -3.55. The smallest absolute Gasteiger partial charge is 0.277 e. The predicted molar refractivity (Wildman–Crippen MR) is 58.1 cm³/mol. The van der Waals surface area contributed by atoms with Crippen molar-refractivity contribution >= 4 is 16.0 Å². The van der Waals surface area contributed by atoms with Gasteiger partial charge < -0.3 is 10.9 Å². The average molecular weight is 248 g/mol. The number of hydrogen-bond acceptors (Lipinski definition) is 4. The van der Waals surface area contributed by atoms with Crippen LogP contribution in [0.1, 0.15) is 25.7 Å². The van der Waals surface area contributed by atoms with E-state index in [2.05, 4.69) is 14.6 Å². The first-order valence-electron chi connectivity index (χ1n) is 5.29. The Labute approximate surface area is 94.3 Å². The molecule has 1 atom stereocenters. The molecule has 0 aromatic heterocycles. The summed E-state index contributed by atoms with van der Waals surface area (Å²) in [5.74, 6) is 0.0651. The molecule has 2 aliphatic rings. The minimum Gasteiger partial charge on any atom is -0.409 e. The first-order chi connectivity index (χ1) is 7.52. The van der Waals surface area contributed by atoms with Crippen molar-refractivity contribution in [1.82, 2.24) is 9.44 Å². The monoisotopic (exact) mass is 248 g/mol. The van der Waals surface area contributed by atoms with Crippen molar-refractivity contribution in [2.45, 2.75) is 37.8 Å². The Morgan fingerprint density at radius 1 is 1.38 bits per heavy atom. The lowest BCUT2D eigenvalue weighted by molar-refractivity contribution is 0.314. The summed E-state index contributed by atoms with van der Waals surface area (Å²) >= 11 is 0. The van der Waals surface area contributed by atoms with Gasteiger partial charge in [-0.2, -0.15) is 17.9 Å². The molecule has 0 aromatic rings. The Hall–Kier alpha value is -0.860. The Morgan fingerprint density at radius 3 is 2.44 bits per heavy atom. The van der Waals surface area contributed by atoms with Crippen molar-refractivity contribution in [1.29, 1.82) is 0 Å². The van der Waals surface area contributed by atoms with Gasteiger partial charge in [-0.1, -0.05) is 5.16 Å². The van der Waals surface area contributed by atoms with Gasteiger partial charge >= 0.3 is 0 Å². The number of oxime groups is 1. The molecule has 0 bridgehead atoms. The van der Waals surface area contributed by atoms with E-state index < -0.39 is 16.3 Å². The number of nitrogens with zero attached hydrogens (tertiary/aromatic N) is 1. The fourth-order valence-electron chi connectivity index (χ4n) is 1.51. The molecule has 0 aliphatic heterocycles. The van der Waals surface area contributed by atoms with Crippen LogP contribution in [0.15, 0.2) is 5.16 Å². The van der Waals surface area contributed by atoms with E-state index >= 15 is 0 Å². The van der Waals surface area contributed by atoms with Crippen LogP contribution in [0.25, 0.3) is 0 Å². The SMILES string of the molecule is NC(=NO)C(NS(=O)(=O)NC1CC1)C1CC1. The van der Waals surface area contributed by atoms with E-state index in [9.17, 15) is 8.42 Å². The van der Waals surface area contributed by atoms with Crippen molar-refractivity contribution in [2.75, 3.05) is 0 Å². The normalized spacial score (nSPS) is 24.4. The number of nitrogens with one attached hydrogen (secondary N) is 2. The highest BCUT2D eigenvalue weighted by molar-refractivity contribution is 7.87. The number of rotatable bonds is 6. The molecular weight excluding hydrogens is 232 g/mol. The standard InChI is InChI=1S/C8H16N4O3S/c9-8(10-13)7(5-1-2-5)12-16(14,15)11-6-3-4-6/h5-7,11-13H,1-4H2,(H2,9,10). The lowest BCUT2D eigenvalue weighted by Gasteiger charge is -2.16. The molecule has 0 amide bonds. The number of nitrogens with two attached hydrogens (primary N) is 1. The van der Waals surface area contributed by atoms with Gasteiger partial charge in [-0.3, -0.25) is 0 Å². The average Bonchev–Trinajstić information content (AvgIpc) is 3.04. The summed E-state index contributed by atoms with van der Waals surface area (Å²) in [5.41, 5.74) is 5.46. The molecule has 7 nitrogen and oxygen atoms in total. The molecule has 0 saturated heterocycles. The van der Waals surface area contributed by atoms with Gasteiger partial charge in [0.2, 0.25) is 0 Å². The number of hydrogen-bond donors (Lipinski definition) is 4. The van der Waals surface area contributed by atoms with Gasteiger partial charge in [0.1, 0.15) is 0 Å². The van der Waals surface area contributed by atoms with E-state index in [0.717, 1.165) is 25.7 Å². The van der Waals surface area contributed by atoms with Crippen LogP contribution in [-0.2, 0) is 10.2 Å². The topological polar surface area (TPSA) is 117 Å². The molecule has 8 heteroatoms. The Morgan fingerprint density at radius 2 is 2.00 bits per heavy atom. The molecule has 5 N–H and O–H groups in total. The highest BCUT2D eigenvalue weighted by Gasteiger charge is 2.38. The summed E-state index contributed by atoms with van der Waals surface area (Å²) in [7, 11) is -3.55. The van der Waals surface area contributed by atoms with E-state index in [-0.39, 0.29) is 17.8 Å². The van der Waals surface area contributed by atoms with Crippen LogP contribution in [0.2, 0.25) is 0 Å². The minimum absolute atomic E-state index is 0.0460. The molecule has 2 aliphatic carbocycles. The van der Waals surface area contributed by atoms with Crippen LogP contribution in [0.3, 0.4) is 0 Å². The van der Waals surface area contributed by atoms with Gasteiger partial charge in [-0.25, -0.2) is 0 Å².